The zero-order chi connectivity index (χ0) is 16.2. The van der Waals surface area contributed by atoms with E-state index < -0.39 is 5.97 Å². The number of carbonyl (C=O) groups excluding carboxylic acids is 2. The highest BCUT2D eigenvalue weighted by Crippen LogP contribution is 2.20. The summed E-state index contributed by atoms with van der Waals surface area (Å²) in [6.45, 7) is 1.46. The quantitative estimate of drug-likeness (QED) is 0.745. The molecule has 1 N–H and O–H groups in total. The van der Waals surface area contributed by atoms with Crippen LogP contribution in [0.4, 0.5) is 5.69 Å². The van der Waals surface area contributed by atoms with E-state index in [9.17, 15) is 9.59 Å². The first-order valence-corrected chi connectivity index (χ1v) is 7.14. The van der Waals surface area contributed by atoms with Gasteiger partial charge in [0, 0.05) is 18.0 Å². The monoisotopic (exact) mass is 309 g/mol. The van der Waals surface area contributed by atoms with Crippen LogP contribution in [0.1, 0.15) is 23.0 Å². The van der Waals surface area contributed by atoms with Crippen molar-refractivity contribution < 1.29 is 18.7 Å². The molecule has 5 nitrogen and oxygen atoms in total. The lowest BCUT2D eigenvalue weighted by Gasteiger charge is -2.06. The molecule has 0 bridgehead atoms. The molecule has 0 spiro atoms. The molecule has 0 aliphatic heterocycles. The smallest absolute Gasteiger partial charge is 0.338 e. The van der Waals surface area contributed by atoms with Crippen LogP contribution in [0.3, 0.4) is 0 Å². The molecule has 0 atom stereocenters. The van der Waals surface area contributed by atoms with Crippen LogP contribution in [-0.2, 0) is 16.1 Å². The summed E-state index contributed by atoms with van der Waals surface area (Å²) < 4.78 is 10.9. The van der Waals surface area contributed by atoms with Crippen LogP contribution in [0.2, 0.25) is 0 Å². The highest BCUT2D eigenvalue weighted by molar-refractivity contribution is 5.93. The van der Waals surface area contributed by atoms with E-state index >= 15 is 0 Å². The highest BCUT2D eigenvalue weighted by Gasteiger charge is 2.10. The van der Waals surface area contributed by atoms with Gasteiger partial charge in [0.2, 0.25) is 5.91 Å². The van der Waals surface area contributed by atoms with Crippen LogP contribution in [0.5, 0.6) is 0 Å². The number of ether oxygens (including phenoxy) is 1. The molecule has 0 unspecified atom stereocenters. The molecule has 3 aromatic rings. The number of carbonyl (C=O) groups is 2. The number of para-hydroxylation sites is 1. The molecule has 5 heteroatoms. The molecule has 3 rings (SSSR count). The van der Waals surface area contributed by atoms with Crippen molar-refractivity contribution in [2.45, 2.75) is 13.5 Å². The first-order valence-electron chi connectivity index (χ1n) is 7.14. The van der Waals surface area contributed by atoms with Crippen LogP contribution >= 0.6 is 0 Å². The van der Waals surface area contributed by atoms with Crippen LogP contribution in [-0.4, -0.2) is 11.9 Å². The summed E-state index contributed by atoms with van der Waals surface area (Å²) >= 11 is 0. The van der Waals surface area contributed by atoms with Crippen LogP contribution in [0, 0.1) is 0 Å². The number of nitrogens with one attached hydrogen (secondary N) is 1. The Morgan fingerprint density at radius 2 is 1.91 bits per heavy atom. The normalized spacial score (nSPS) is 10.5. The number of esters is 1. The Morgan fingerprint density at radius 3 is 2.70 bits per heavy atom. The van der Waals surface area contributed by atoms with Crippen molar-refractivity contribution in [1.29, 1.82) is 0 Å². The summed E-state index contributed by atoms with van der Waals surface area (Å²) in [6.07, 6.45) is 0. The predicted octanol–water partition coefficient (Wildman–Crippen LogP) is 3.75. The summed E-state index contributed by atoms with van der Waals surface area (Å²) in [5, 5.41) is 3.59. The summed E-state index contributed by atoms with van der Waals surface area (Å²) in [6, 6.07) is 16.0. The fraction of sp³-hybridized carbons (Fsp3) is 0.111. The Balaban J connectivity index is 1.68. The van der Waals surface area contributed by atoms with E-state index in [2.05, 4.69) is 5.32 Å². The fourth-order valence-corrected chi connectivity index (χ4v) is 2.26. The fourth-order valence-electron chi connectivity index (χ4n) is 2.26. The molecule has 0 fully saturated rings. The Labute approximate surface area is 132 Å². The molecule has 0 radical (unpaired) electrons. The number of amides is 1. The van der Waals surface area contributed by atoms with Gasteiger partial charge in [0.05, 0.1) is 5.56 Å². The molecular weight excluding hydrogens is 294 g/mol. The van der Waals surface area contributed by atoms with E-state index in [1.54, 1.807) is 24.3 Å². The average molecular weight is 309 g/mol. The van der Waals surface area contributed by atoms with Crippen LogP contribution in [0.15, 0.2) is 59.0 Å². The van der Waals surface area contributed by atoms with E-state index in [0.717, 1.165) is 11.0 Å². The maximum atomic E-state index is 12.1. The van der Waals surface area contributed by atoms with E-state index in [0.29, 0.717) is 17.0 Å². The topological polar surface area (TPSA) is 68.5 Å². The van der Waals surface area contributed by atoms with E-state index in [-0.39, 0.29) is 12.5 Å². The second-order valence-corrected chi connectivity index (χ2v) is 5.09. The standard InChI is InChI=1S/C18H15NO4/c1-12(20)19-15-7-4-6-14(9-15)18(21)22-11-16-10-13-5-2-3-8-17(13)23-16/h2-10H,11H2,1H3,(H,19,20). The minimum atomic E-state index is -0.474. The van der Waals surface area contributed by atoms with Gasteiger partial charge in [-0.05, 0) is 30.3 Å². The lowest BCUT2D eigenvalue weighted by molar-refractivity contribution is -0.114. The van der Waals surface area contributed by atoms with Crippen LogP contribution in [0.25, 0.3) is 11.0 Å². The average Bonchev–Trinajstić information content (AvgIpc) is 2.95. The zero-order valence-corrected chi connectivity index (χ0v) is 12.5. The SMILES string of the molecule is CC(=O)Nc1cccc(C(=O)OCc2cc3ccccc3o2)c1. The molecule has 0 aliphatic rings. The van der Waals surface area contributed by atoms with Gasteiger partial charge >= 0.3 is 5.97 Å². The number of hydrogen-bond donors (Lipinski definition) is 1. The second-order valence-electron chi connectivity index (χ2n) is 5.09. The summed E-state index contributed by atoms with van der Waals surface area (Å²) in [5.41, 5.74) is 1.68. The van der Waals surface area contributed by atoms with Crippen molar-refractivity contribution in [3.05, 3.63) is 65.9 Å². The molecule has 0 aliphatic carbocycles. The third kappa shape index (κ3) is 3.58. The zero-order valence-electron chi connectivity index (χ0n) is 12.5. The van der Waals surface area contributed by atoms with Gasteiger partial charge in [0.1, 0.15) is 18.0 Å². The molecular formula is C18H15NO4. The third-order valence-corrected chi connectivity index (χ3v) is 3.24. The van der Waals surface area contributed by atoms with E-state index in [4.69, 9.17) is 9.15 Å². The van der Waals surface area contributed by atoms with E-state index in [1.807, 2.05) is 30.3 Å². The Morgan fingerprint density at radius 1 is 1.09 bits per heavy atom. The number of hydrogen-bond acceptors (Lipinski definition) is 4. The van der Waals surface area contributed by atoms with Crippen molar-refractivity contribution >= 4 is 28.5 Å². The molecule has 23 heavy (non-hydrogen) atoms. The third-order valence-electron chi connectivity index (χ3n) is 3.24. The van der Waals surface area contributed by atoms with Gasteiger partial charge in [-0.2, -0.15) is 0 Å². The van der Waals surface area contributed by atoms with Gasteiger partial charge in [-0.3, -0.25) is 4.79 Å². The van der Waals surface area contributed by atoms with Gasteiger partial charge in [-0.1, -0.05) is 24.3 Å². The number of furan rings is 1. The van der Waals surface area contributed by atoms with Gasteiger partial charge in [0.15, 0.2) is 0 Å². The van der Waals surface area contributed by atoms with Gasteiger partial charge in [-0.25, -0.2) is 4.79 Å². The van der Waals surface area contributed by atoms with Crippen molar-refractivity contribution in [3.63, 3.8) is 0 Å². The number of benzene rings is 2. The predicted molar refractivity (Wildman–Crippen MR) is 86.1 cm³/mol. The minimum Gasteiger partial charge on any atom is -0.457 e. The Hall–Kier alpha value is -3.08. The summed E-state index contributed by atoms with van der Waals surface area (Å²) in [7, 11) is 0. The molecule has 1 amide bonds. The number of fused-ring (bicyclic) bond motifs is 1. The second kappa shape index (κ2) is 6.36. The molecule has 116 valence electrons. The molecule has 1 aromatic heterocycles. The van der Waals surface area contributed by atoms with Crippen molar-refractivity contribution in [1.82, 2.24) is 0 Å². The summed E-state index contributed by atoms with van der Waals surface area (Å²) in [5.74, 6) is -0.0898. The Kier molecular flexibility index (Phi) is 4.10. The highest BCUT2D eigenvalue weighted by atomic mass is 16.5. The minimum absolute atomic E-state index is 0.0535. The van der Waals surface area contributed by atoms with Crippen LogP contribution < -0.4 is 5.32 Å². The maximum Gasteiger partial charge on any atom is 0.338 e. The number of anilines is 1. The lowest BCUT2D eigenvalue weighted by Crippen LogP contribution is -2.08. The lowest BCUT2D eigenvalue weighted by atomic mass is 10.2. The maximum absolute atomic E-state index is 12.1. The first kappa shape index (κ1) is 14.8. The summed E-state index contributed by atoms with van der Waals surface area (Å²) in [4.78, 5) is 23.1. The number of rotatable bonds is 4. The van der Waals surface area contributed by atoms with Gasteiger partial charge in [-0.15, -0.1) is 0 Å². The largest absolute Gasteiger partial charge is 0.457 e. The Bertz CT molecular complexity index is 833. The molecule has 0 saturated carbocycles. The van der Waals surface area contributed by atoms with Crippen molar-refractivity contribution in [3.8, 4) is 0 Å². The van der Waals surface area contributed by atoms with Crippen molar-refractivity contribution in [2.75, 3.05) is 5.32 Å². The van der Waals surface area contributed by atoms with Crippen molar-refractivity contribution in [2.24, 2.45) is 0 Å². The van der Waals surface area contributed by atoms with Gasteiger partial charge in [0.25, 0.3) is 0 Å². The van der Waals surface area contributed by atoms with E-state index in [1.165, 1.54) is 6.92 Å². The molecule has 2 aromatic carbocycles. The molecule has 0 saturated heterocycles. The first-order chi connectivity index (χ1) is 11.1. The molecule has 1 heterocycles. The van der Waals surface area contributed by atoms with Gasteiger partial charge < -0.3 is 14.5 Å².